The molecule has 0 spiro atoms. The van der Waals surface area contributed by atoms with Crippen molar-refractivity contribution in [1.82, 2.24) is 4.31 Å². The molecule has 1 saturated heterocycles. The number of hydrogen-bond donors (Lipinski definition) is 2. The average Bonchev–Trinajstić information content (AvgIpc) is 3.37. The lowest BCUT2D eigenvalue weighted by Gasteiger charge is -2.16. The third kappa shape index (κ3) is 5.13. The summed E-state index contributed by atoms with van der Waals surface area (Å²) < 4.78 is 32.5. The molecule has 0 bridgehead atoms. The molecule has 4 rings (SSSR count). The third-order valence-electron chi connectivity index (χ3n) is 5.46. The summed E-state index contributed by atoms with van der Waals surface area (Å²) in [6.45, 7) is 1.14. The standard InChI is InChI=1S/C24H24ClN3O4S/c1-32-23-16-18(10-13-22(23)27-24(29)26-21-7-3-2-6-20(21)25)17-8-11-19(12-9-17)33(30,31)28-14-4-5-15-28/h2-3,6-13,16H,4-5,14-15H2,1H3,(H2,26,27,29). The molecule has 3 aromatic carbocycles. The number of benzene rings is 3. The van der Waals surface area contributed by atoms with Gasteiger partial charge in [0.1, 0.15) is 5.75 Å². The Labute approximate surface area is 198 Å². The first kappa shape index (κ1) is 23.1. The maximum absolute atomic E-state index is 12.7. The molecule has 9 heteroatoms. The number of amides is 2. The highest BCUT2D eigenvalue weighted by Crippen LogP contribution is 2.32. The van der Waals surface area contributed by atoms with Gasteiger partial charge in [-0.3, -0.25) is 0 Å². The van der Waals surface area contributed by atoms with E-state index < -0.39 is 16.1 Å². The van der Waals surface area contributed by atoms with Crippen LogP contribution in [0.15, 0.2) is 71.6 Å². The van der Waals surface area contributed by atoms with Gasteiger partial charge in [-0.25, -0.2) is 13.2 Å². The minimum absolute atomic E-state index is 0.287. The molecular weight excluding hydrogens is 462 g/mol. The van der Waals surface area contributed by atoms with Crippen LogP contribution >= 0.6 is 11.6 Å². The summed E-state index contributed by atoms with van der Waals surface area (Å²) in [6.07, 6.45) is 1.79. The first-order valence-corrected chi connectivity index (χ1v) is 12.3. The van der Waals surface area contributed by atoms with Crippen LogP contribution in [-0.4, -0.2) is 39.0 Å². The Morgan fingerprint density at radius 1 is 0.909 bits per heavy atom. The van der Waals surface area contributed by atoms with Crippen LogP contribution in [0.5, 0.6) is 5.75 Å². The highest BCUT2D eigenvalue weighted by atomic mass is 35.5. The fraction of sp³-hybridized carbons (Fsp3) is 0.208. The fourth-order valence-electron chi connectivity index (χ4n) is 3.71. The van der Waals surface area contributed by atoms with Gasteiger partial charge >= 0.3 is 6.03 Å². The number of anilines is 2. The number of carbonyl (C=O) groups is 1. The Bertz CT molecular complexity index is 1260. The maximum atomic E-state index is 12.7. The molecule has 2 N–H and O–H groups in total. The van der Waals surface area contributed by atoms with Crippen LogP contribution < -0.4 is 15.4 Å². The van der Waals surface area contributed by atoms with Crippen molar-refractivity contribution in [3.05, 3.63) is 71.8 Å². The summed E-state index contributed by atoms with van der Waals surface area (Å²) in [7, 11) is -1.94. The Morgan fingerprint density at radius 3 is 2.21 bits per heavy atom. The van der Waals surface area contributed by atoms with E-state index in [2.05, 4.69) is 10.6 Å². The van der Waals surface area contributed by atoms with Crippen molar-refractivity contribution in [3.8, 4) is 16.9 Å². The number of rotatable bonds is 6. The lowest BCUT2D eigenvalue weighted by molar-refractivity contribution is 0.262. The zero-order valence-electron chi connectivity index (χ0n) is 18.0. The molecule has 172 valence electrons. The number of carbonyl (C=O) groups excluding carboxylic acids is 1. The van der Waals surface area contributed by atoms with Gasteiger partial charge in [0.25, 0.3) is 0 Å². The largest absolute Gasteiger partial charge is 0.495 e. The molecule has 0 saturated carbocycles. The molecule has 1 fully saturated rings. The van der Waals surface area contributed by atoms with Crippen LogP contribution in [0.4, 0.5) is 16.2 Å². The molecule has 0 radical (unpaired) electrons. The number of nitrogens with one attached hydrogen (secondary N) is 2. The Morgan fingerprint density at radius 2 is 1.55 bits per heavy atom. The Hall–Kier alpha value is -3.07. The van der Waals surface area contributed by atoms with Crippen LogP contribution in [0.3, 0.4) is 0 Å². The van der Waals surface area contributed by atoms with Gasteiger partial charge in [-0.1, -0.05) is 41.9 Å². The second-order valence-corrected chi connectivity index (χ2v) is 9.95. The average molecular weight is 486 g/mol. The quantitative estimate of drug-likeness (QED) is 0.486. The number of sulfonamides is 1. The normalized spacial score (nSPS) is 14.1. The van der Waals surface area contributed by atoms with Crippen LogP contribution in [-0.2, 0) is 10.0 Å². The molecule has 0 aliphatic carbocycles. The van der Waals surface area contributed by atoms with Gasteiger partial charge in [0.2, 0.25) is 10.0 Å². The van der Waals surface area contributed by atoms with Crippen molar-refractivity contribution in [1.29, 1.82) is 0 Å². The van der Waals surface area contributed by atoms with Gasteiger partial charge < -0.3 is 15.4 Å². The Kier molecular flexibility index (Phi) is 6.88. The van der Waals surface area contributed by atoms with Crippen molar-refractivity contribution in [2.24, 2.45) is 0 Å². The van der Waals surface area contributed by atoms with Crippen molar-refractivity contribution in [2.75, 3.05) is 30.8 Å². The van der Waals surface area contributed by atoms with E-state index in [1.807, 2.05) is 6.07 Å². The zero-order valence-corrected chi connectivity index (χ0v) is 19.6. The van der Waals surface area contributed by atoms with Gasteiger partial charge in [-0.05, 0) is 60.4 Å². The summed E-state index contributed by atoms with van der Waals surface area (Å²) in [4.78, 5) is 12.7. The second kappa shape index (κ2) is 9.82. The number of nitrogens with zero attached hydrogens (tertiary/aromatic N) is 1. The zero-order chi connectivity index (χ0) is 23.4. The van der Waals surface area contributed by atoms with Crippen molar-refractivity contribution in [3.63, 3.8) is 0 Å². The van der Waals surface area contributed by atoms with E-state index in [-0.39, 0.29) is 4.90 Å². The first-order chi connectivity index (χ1) is 15.9. The van der Waals surface area contributed by atoms with Gasteiger partial charge in [0.05, 0.1) is 28.4 Å². The molecule has 1 aliphatic rings. The maximum Gasteiger partial charge on any atom is 0.323 e. The van der Waals surface area contributed by atoms with Gasteiger partial charge in [-0.15, -0.1) is 0 Å². The lowest BCUT2D eigenvalue weighted by atomic mass is 10.0. The number of methoxy groups -OCH3 is 1. The molecule has 7 nitrogen and oxygen atoms in total. The van der Waals surface area contributed by atoms with Crippen molar-refractivity contribution < 1.29 is 17.9 Å². The number of hydrogen-bond acceptors (Lipinski definition) is 4. The smallest absolute Gasteiger partial charge is 0.323 e. The van der Waals surface area contributed by atoms with E-state index in [0.717, 1.165) is 24.0 Å². The molecule has 3 aromatic rings. The number of urea groups is 1. The topological polar surface area (TPSA) is 87.7 Å². The second-order valence-electron chi connectivity index (χ2n) is 7.61. The molecule has 1 aliphatic heterocycles. The molecular formula is C24H24ClN3O4S. The summed E-state index contributed by atoms with van der Waals surface area (Å²) in [5.41, 5.74) is 2.64. The number of para-hydroxylation sites is 1. The van der Waals surface area contributed by atoms with Gasteiger partial charge in [0.15, 0.2) is 0 Å². The molecule has 33 heavy (non-hydrogen) atoms. The summed E-state index contributed by atoms with van der Waals surface area (Å²) in [6, 6.07) is 18.6. The van der Waals surface area contributed by atoms with Crippen LogP contribution in [0.25, 0.3) is 11.1 Å². The monoisotopic (exact) mass is 485 g/mol. The minimum Gasteiger partial charge on any atom is -0.495 e. The van der Waals surface area contributed by atoms with Crippen LogP contribution in [0.1, 0.15) is 12.8 Å². The fourth-order valence-corrected chi connectivity index (χ4v) is 5.41. The molecule has 0 unspecified atom stereocenters. The lowest BCUT2D eigenvalue weighted by Crippen LogP contribution is -2.27. The van der Waals surface area contributed by atoms with Crippen LogP contribution in [0, 0.1) is 0 Å². The van der Waals surface area contributed by atoms with E-state index in [1.165, 1.54) is 11.4 Å². The molecule has 0 atom stereocenters. The highest BCUT2D eigenvalue weighted by Gasteiger charge is 2.27. The predicted molar refractivity (Wildman–Crippen MR) is 131 cm³/mol. The highest BCUT2D eigenvalue weighted by molar-refractivity contribution is 7.89. The van der Waals surface area contributed by atoms with Gasteiger partial charge in [0, 0.05) is 13.1 Å². The van der Waals surface area contributed by atoms with Gasteiger partial charge in [-0.2, -0.15) is 4.31 Å². The number of halogens is 1. The first-order valence-electron chi connectivity index (χ1n) is 10.5. The van der Waals surface area contributed by atoms with Crippen LogP contribution in [0.2, 0.25) is 5.02 Å². The molecule has 0 aromatic heterocycles. The SMILES string of the molecule is COc1cc(-c2ccc(S(=O)(=O)N3CCCC3)cc2)ccc1NC(=O)Nc1ccccc1Cl. The number of ether oxygens (including phenoxy) is 1. The Balaban J connectivity index is 1.50. The predicted octanol–water partition coefficient (Wildman–Crippen LogP) is 5.44. The van der Waals surface area contributed by atoms with Crippen molar-refractivity contribution in [2.45, 2.75) is 17.7 Å². The third-order valence-corrected chi connectivity index (χ3v) is 7.70. The van der Waals surface area contributed by atoms with E-state index in [9.17, 15) is 13.2 Å². The van der Waals surface area contributed by atoms with E-state index in [0.29, 0.717) is 35.2 Å². The molecule has 1 heterocycles. The summed E-state index contributed by atoms with van der Waals surface area (Å²) >= 11 is 6.09. The summed E-state index contributed by atoms with van der Waals surface area (Å²) in [5.74, 6) is 0.468. The van der Waals surface area contributed by atoms with E-state index >= 15 is 0 Å². The van der Waals surface area contributed by atoms with E-state index in [4.69, 9.17) is 16.3 Å². The molecule has 2 amide bonds. The summed E-state index contributed by atoms with van der Waals surface area (Å²) in [5, 5.41) is 5.89. The minimum atomic E-state index is -3.45. The van der Waals surface area contributed by atoms with Crippen molar-refractivity contribution >= 4 is 39.0 Å². The van der Waals surface area contributed by atoms with E-state index in [1.54, 1.807) is 60.7 Å².